The molecule has 0 saturated heterocycles. The zero-order valence-corrected chi connectivity index (χ0v) is 12.5. The van der Waals surface area contributed by atoms with Crippen molar-refractivity contribution >= 4 is 11.8 Å². The number of aryl methyl sites for hydroxylation is 2. The van der Waals surface area contributed by atoms with E-state index in [0.29, 0.717) is 0 Å². The normalized spacial score (nSPS) is 12.4. The molecule has 4 heteroatoms. The van der Waals surface area contributed by atoms with Crippen LogP contribution in [0.15, 0.2) is 47.4 Å². The Morgan fingerprint density at radius 3 is 2.50 bits per heavy atom. The summed E-state index contributed by atoms with van der Waals surface area (Å²) in [4.78, 5) is 1.19. The number of hydrazine groups is 1. The topological polar surface area (TPSA) is 38.0 Å². The van der Waals surface area contributed by atoms with Crippen LogP contribution in [0.1, 0.15) is 22.7 Å². The van der Waals surface area contributed by atoms with Gasteiger partial charge in [0.15, 0.2) is 0 Å². The molecule has 3 N–H and O–H groups in total. The second-order valence-corrected chi connectivity index (χ2v) is 5.94. The summed E-state index contributed by atoms with van der Waals surface area (Å²) in [6.07, 6.45) is 0. The minimum atomic E-state index is -0.230. The van der Waals surface area contributed by atoms with Crippen molar-refractivity contribution in [1.29, 1.82) is 0 Å². The lowest BCUT2D eigenvalue weighted by Gasteiger charge is -2.18. The van der Waals surface area contributed by atoms with Gasteiger partial charge in [0.1, 0.15) is 5.82 Å². The maximum Gasteiger partial charge on any atom is 0.123 e. The van der Waals surface area contributed by atoms with Crippen LogP contribution in [0.3, 0.4) is 0 Å². The van der Waals surface area contributed by atoms with Crippen molar-refractivity contribution in [2.45, 2.75) is 24.8 Å². The molecule has 20 heavy (non-hydrogen) atoms. The van der Waals surface area contributed by atoms with Crippen LogP contribution in [-0.2, 0) is 0 Å². The van der Waals surface area contributed by atoms with Crippen LogP contribution in [0, 0.1) is 19.7 Å². The molecule has 0 bridgehead atoms. The quantitative estimate of drug-likeness (QED) is 0.500. The van der Waals surface area contributed by atoms with E-state index in [1.54, 1.807) is 23.9 Å². The second kappa shape index (κ2) is 6.88. The van der Waals surface area contributed by atoms with Gasteiger partial charge in [-0.15, -0.1) is 11.8 Å². The van der Waals surface area contributed by atoms with Crippen LogP contribution in [0.4, 0.5) is 4.39 Å². The summed E-state index contributed by atoms with van der Waals surface area (Å²) >= 11 is 1.71. The first-order valence-electron chi connectivity index (χ1n) is 6.52. The first-order chi connectivity index (χ1) is 9.60. The Morgan fingerprint density at radius 1 is 1.15 bits per heavy atom. The highest BCUT2D eigenvalue weighted by atomic mass is 32.2. The van der Waals surface area contributed by atoms with E-state index in [4.69, 9.17) is 5.84 Å². The summed E-state index contributed by atoms with van der Waals surface area (Å²) in [6.45, 7) is 4.03. The largest absolute Gasteiger partial charge is 0.271 e. The van der Waals surface area contributed by atoms with Gasteiger partial charge in [0.25, 0.3) is 0 Å². The Hall–Kier alpha value is -1.36. The van der Waals surface area contributed by atoms with E-state index < -0.39 is 0 Å². The molecule has 0 aliphatic heterocycles. The number of benzene rings is 2. The lowest BCUT2D eigenvalue weighted by molar-refractivity contribution is 0.588. The number of rotatable bonds is 5. The third kappa shape index (κ3) is 3.82. The third-order valence-electron chi connectivity index (χ3n) is 3.26. The molecule has 1 unspecified atom stereocenters. The molecule has 0 fully saturated rings. The number of halogens is 1. The van der Waals surface area contributed by atoms with E-state index in [9.17, 15) is 4.39 Å². The van der Waals surface area contributed by atoms with Gasteiger partial charge in [-0.1, -0.05) is 23.8 Å². The standard InChI is InChI=1S/C16H19FN2S/c1-11-3-7-14(8-4-11)20-10-16(19-18)15-9-13(17)6-5-12(15)2/h3-9,16,19H,10,18H2,1-2H3. The Bertz CT molecular complexity index is 569. The summed E-state index contributed by atoms with van der Waals surface area (Å²) in [5.74, 6) is 6.15. The first-order valence-corrected chi connectivity index (χ1v) is 7.50. The average Bonchev–Trinajstić information content (AvgIpc) is 2.45. The van der Waals surface area contributed by atoms with Crippen LogP contribution < -0.4 is 11.3 Å². The maximum absolute atomic E-state index is 13.4. The fourth-order valence-electron chi connectivity index (χ4n) is 2.03. The summed E-state index contributed by atoms with van der Waals surface area (Å²) in [5.41, 5.74) is 5.97. The molecule has 0 radical (unpaired) electrons. The number of nitrogens with two attached hydrogens (primary N) is 1. The highest BCUT2D eigenvalue weighted by Gasteiger charge is 2.13. The monoisotopic (exact) mass is 290 g/mol. The maximum atomic E-state index is 13.4. The highest BCUT2D eigenvalue weighted by Crippen LogP contribution is 2.26. The summed E-state index contributed by atoms with van der Waals surface area (Å²) in [7, 11) is 0. The predicted molar refractivity (Wildman–Crippen MR) is 83.1 cm³/mol. The first kappa shape index (κ1) is 15.0. The van der Waals surface area contributed by atoms with Crippen molar-refractivity contribution < 1.29 is 4.39 Å². The van der Waals surface area contributed by atoms with Crippen molar-refractivity contribution in [3.8, 4) is 0 Å². The Balaban J connectivity index is 2.09. The van der Waals surface area contributed by atoms with Gasteiger partial charge in [0, 0.05) is 10.6 Å². The molecule has 0 spiro atoms. The number of hydrogen-bond donors (Lipinski definition) is 2. The highest BCUT2D eigenvalue weighted by molar-refractivity contribution is 7.99. The summed E-state index contributed by atoms with van der Waals surface area (Å²) in [6, 6.07) is 13.1. The minimum Gasteiger partial charge on any atom is -0.271 e. The van der Waals surface area contributed by atoms with Gasteiger partial charge in [-0.05, 0) is 49.2 Å². The average molecular weight is 290 g/mol. The molecule has 0 saturated carbocycles. The van der Waals surface area contributed by atoms with Gasteiger partial charge >= 0.3 is 0 Å². The molecule has 1 atom stereocenters. The van der Waals surface area contributed by atoms with Gasteiger partial charge in [0.05, 0.1) is 6.04 Å². The molecule has 2 aromatic carbocycles. The van der Waals surface area contributed by atoms with Crippen molar-refractivity contribution in [3.63, 3.8) is 0 Å². The molecule has 0 aliphatic rings. The molecule has 2 rings (SSSR count). The summed E-state index contributed by atoms with van der Waals surface area (Å²) < 4.78 is 13.4. The molecule has 0 heterocycles. The van der Waals surface area contributed by atoms with Gasteiger partial charge in [0.2, 0.25) is 0 Å². The van der Waals surface area contributed by atoms with E-state index >= 15 is 0 Å². The SMILES string of the molecule is Cc1ccc(SCC(NN)c2cc(F)ccc2C)cc1. The van der Waals surface area contributed by atoms with Crippen LogP contribution in [-0.4, -0.2) is 5.75 Å². The van der Waals surface area contributed by atoms with Crippen LogP contribution >= 0.6 is 11.8 Å². The smallest absolute Gasteiger partial charge is 0.123 e. The van der Waals surface area contributed by atoms with E-state index in [1.807, 2.05) is 6.92 Å². The minimum absolute atomic E-state index is 0.0722. The second-order valence-electron chi connectivity index (χ2n) is 4.84. The lowest BCUT2D eigenvalue weighted by Crippen LogP contribution is -2.30. The van der Waals surface area contributed by atoms with E-state index in [0.717, 1.165) is 16.9 Å². The van der Waals surface area contributed by atoms with Gasteiger partial charge in [-0.25, -0.2) is 4.39 Å². The molecule has 0 aliphatic carbocycles. The van der Waals surface area contributed by atoms with Crippen LogP contribution in [0.25, 0.3) is 0 Å². The Kier molecular flexibility index (Phi) is 5.17. The van der Waals surface area contributed by atoms with E-state index in [2.05, 4.69) is 36.6 Å². The lowest BCUT2D eigenvalue weighted by atomic mass is 10.0. The van der Waals surface area contributed by atoms with Crippen LogP contribution in [0.2, 0.25) is 0 Å². The molecule has 2 aromatic rings. The Labute approximate surface area is 123 Å². The molecule has 2 nitrogen and oxygen atoms in total. The molecule has 106 valence electrons. The van der Waals surface area contributed by atoms with Gasteiger partial charge < -0.3 is 0 Å². The summed E-state index contributed by atoms with van der Waals surface area (Å²) in [5, 5.41) is 0. The zero-order valence-electron chi connectivity index (χ0n) is 11.7. The number of hydrogen-bond acceptors (Lipinski definition) is 3. The van der Waals surface area contributed by atoms with Crippen molar-refractivity contribution in [3.05, 3.63) is 65.0 Å². The fraction of sp³-hybridized carbons (Fsp3) is 0.250. The van der Waals surface area contributed by atoms with Crippen molar-refractivity contribution in [2.75, 3.05) is 5.75 Å². The van der Waals surface area contributed by atoms with Crippen LogP contribution in [0.5, 0.6) is 0 Å². The molecule has 0 aromatic heterocycles. The Morgan fingerprint density at radius 2 is 1.85 bits per heavy atom. The fourth-order valence-corrected chi connectivity index (χ4v) is 2.99. The zero-order chi connectivity index (χ0) is 14.5. The van der Waals surface area contributed by atoms with Gasteiger partial charge in [-0.2, -0.15) is 0 Å². The number of nitrogens with one attached hydrogen (secondary N) is 1. The van der Waals surface area contributed by atoms with Crippen molar-refractivity contribution in [2.24, 2.45) is 5.84 Å². The number of thioether (sulfide) groups is 1. The molecular weight excluding hydrogens is 271 g/mol. The van der Waals surface area contributed by atoms with E-state index in [1.165, 1.54) is 16.5 Å². The van der Waals surface area contributed by atoms with Gasteiger partial charge in [-0.3, -0.25) is 11.3 Å². The van der Waals surface area contributed by atoms with E-state index in [-0.39, 0.29) is 11.9 Å². The predicted octanol–water partition coefficient (Wildman–Crippen LogP) is 3.74. The van der Waals surface area contributed by atoms with Crippen molar-refractivity contribution in [1.82, 2.24) is 5.43 Å². The molecule has 0 amide bonds. The third-order valence-corrected chi connectivity index (χ3v) is 4.36. The molecular formula is C16H19FN2S.